The fraction of sp³-hybridized carbons (Fsp3) is 0.697. The summed E-state index contributed by atoms with van der Waals surface area (Å²) in [7, 11) is 0. The van der Waals surface area contributed by atoms with Crippen LogP contribution in [-0.4, -0.2) is 0 Å². The van der Waals surface area contributed by atoms with E-state index in [1.54, 1.807) is 11.1 Å². The van der Waals surface area contributed by atoms with E-state index in [4.69, 9.17) is 0 Å². The molecule has 0 aliphatic carbocycles. The molecule has 0 saturated heterocycles. The normalized spacial score (nSPS) is 13.9. The Morgan fingerprint density at radius 3 is 1.48 bits per heavy atom. The minimum atomic E-state index is 0.319. The van der Waals surface area contributed by atoms with Crippen LogP contribution in [0.15, 0.2) is 59.8 Å². The molecule has 190 valence electrons. The number of hydrogen-bond acceptors (Lipinski definition) is 0. The molecule has 0 bridgehead atoms. The summed E-state index contributed by atoms with van der Waals surface area (Å²) in [5.41, 5.74) is 9.25. The lowest BCUT2D eigenvalue weighted by Crippen LogP contribution is -2.25. The van der Waals surface area contributed by atoms with Gasteiger partial charge in [0.25, 0.3) is 0 Å². The fourth-order valence-electron chi connectivity index (χ4n) is 5.26. The van der Waals surface area contributed by atoms with Gasteiger partial charge in [-0.15, -0.1) is 19.7 Å². The van der Waals surface area contributed by atoms with E-state index in [9.17, 15) is 0 Å². The van der Waals surface area contributed by atoms with Gasteiger partial charge in [0.15, 0.2) is 0 Å². The molecule has 0 aromatic rings. The number of rotatable bonds is 21. The quantitative estimate of drug-likeness (QED) is 0.119. The first kappa shape index (κ1) is 31.7. The Labute approximate surface area is 209 Å². The highest BCUT2D eigenvalue weighted by Gasteiger charge is 2.32. The van der Waals surface area contributed by atoms with Crippen LogP contribution < -0.4 is 0 Å². The first-order valence-corrected chi connectivity index (χ1v) is 13.9. The molecule has 0 saturated carbocycles. The van der Waals surface area contributed by atoms with Gasteiger partial charge in [-0.05, 0) is 129 Å². The van der Waals surface area contributed by atoms with Crippen molar-refractivity contribution in [1.82, 2.24) is 0 Å². The topological polar surface area (TPSA) is 0 Å². The Kier molecular flexibility index (Phi) is 17.4. The molecule has 0 heterocycles. The van der Waals surface area contributed by atoms with Crippen molar-refractivity contribution >= 4 is 0 Å². The molecule has 0 heteroatoms. The third-order valence-electron chi connectivity index (χ3n) is 7.48. The molecule has 1 unspecified atom stereocenters. The van der Waals surface area contributed by atoms with Crippen molar-refractivity contribution in [3.63, 3.8) is 0 Å². The molecule has 0 aromatic heterocycles. The van der Waals surface area contributed by atoms with E-state index in [-0.39, 0.29) is 0 Å². The largest absolute Gasteiger partial charge is 0.100 e. The van der Waals surface area contributed by atoms with Crippen molar-refractivity contribution in [3.8, 4) is 0 Å². The molecule has 1 atom stereocenters. The molecule has 0 spiro atoms. The first-order valence-electron chi connectivity index (χ1n) is 13.9. The van der Waals surface area contributed by atoms with Crippen LogP contribution in [0, 0.1) is 5.41 Å². The summed E-state index contributed by atoms with van der Waals surface area (Å²) in [4.78, 5) is 0. The van der Waals surface area contributed by atoms with E-state index in [0.29, 0.717) is 5.41 Å². The fourth-order valence-corrected chi connectivity index (χ4v) is 5.26. The zero-order valence-corrected chi connectivity index (χ0v) is 23.6. The van der Waals surface area contributed by atoms with Gasteiger partial charge in [0.05, 0.1) is 0 Å². The predicted molar refractivity (Wildman–Crippen MR) is 154 cm³/mol. The smallest absolute Gasteiger partial charge is 0.00850 e. The summed E-state index contributed by atoms with van der Waals surface area (Å²) in [5.74, 6) is 0. The summed E-state index contributed by atoms with van der Waals surface area (Å²) in [6.07, 6.45) is 19.6. The average molecular weight is 455 g/mol. The molecule has 0 aliphatic rings. The maximum atomic E-state index is 4.25. The molecular weight excluding hydrogens is 396 g/mol. The van der Waals surface area contributed by atoms with E-state index in [1.807, 2.05) is 0 Å². The lowest BCUT2D eigenvalue weighted by atomic mass is 9.67. The zero-order chi connectivity index (χ0) is 25.3. The van der Waals surface area contributed by atoms with Crippen LogP contribution in [0.5, 0.6) is 0 Å². The number of hydrogen-bond donors (Lipinski definition) is 0. The van der Waals surface area contributed by atoms with Crippen molar-refractivity contribution in [2.75, 3.05) is 0 Å². The first-order chi connectivity index (χ1) is 15.6. The van der Waals surface area contributed by atoms with Gasteiger partial charge in [-0.1, -0.05) is 60.8 Å². The molecule has 0 amide bonds. The van der Waals surface area contributed by atoms with Gasteiger partial charge in [0, 0.05) is 0 Å². The molecule has 0 nitrogen and oxygen atoms in total. The van der Waals surface area contributed by atoms with E-state index in [1.165, 1.54) is 99.3 Å². The highest BCUT2D eigenvalue weighted by molar-refractivity contribution is 5.23. The molecule has 0 radical (unpaired) electrons. The van der Waals surface area contributed by atoms with Crippen LogP contribution in [0.4, 0.5) is 0 Å². The summed E-state index contributed by atoms with van der Waals surface area (Å²) in [6.45, 7) is 30.4. The third-order valence-corrected chi connectivity index (χ3v) is 7.48. The van der Waals surface area contributed by atoms with E-state index >= 15 is 0 Å². The molecular formula is C33H58. The van der Waals surface area contributed by atoms with Crippen molar-refractivity contribution in [2.45, 2.75) is 144 Å². The SMILES string of the molecule is C=C(C)CCCCC(CCCCC(=C)CC)=C(CC)C(CC)(CCCC(=C)C)CCC(=C)C. The minimum Gasteiger partial charge on any atom is -0.100 e. The second-order valence-electron chi connectivity index (χ2n) is 10.8. The van der Waals surface area contributed by atoms with Gasteiger partial charge in [-0.25, -0.2) is 0 Å². The summed E-state index contributed by atoms with van der Waals surface area (Å²) >= 11 is 0. The second kappa shape index (κ2) is 18.1. The van der Waals surface area contributed by atoms with Gasteiger partial charge in [0.2, 0.25) is 0 Å². The number of unbranched alkanes of at least 4 members (excludes halogenated alkanes) is 2. The van der Waals surface area contributed by atoms with E-state index < -0.39 is 0 Å². The van der Waals surface area contributed by atoms with Gasteiger partial charge in [-0.3, -0.25) is 0 Å². The maximum Gasteiger partial charge on any atom is -0.00850 e. The minimum absolute atomic E-state index is 0.319. The van der Waals surface area contributed by atoms with Crippen LogP contribution in [0.2, 0.25) is 0 Å². The Balaban J connectivity index is 5.89. The number of allylic oxidation sites excluding steroid dienone is 6. The van der Waals surface area contributed by atoms with Crippen LogP contribution >= 0.6 is 0 Å². The van der Waals surface area contributed by atoms with Gasteiger partial charge in [-0.2, -0.15) is 0 Å². The van der Waals surface area contributed by atoms with Crippen LogP contribution in [0.25, 0.3) is 0 Å². The van der Waals surface area contributed by atoms with Gasteiger partial charge >= 0.3 is 0 Å². The molecule has 0 fully saturated rings. The summed E-state index contributed by atoms with van der Waals surface area (Å²) in [5, 5.41) is 0. The molecule has 0 aromatic carbocycles. The molecule has 0 N–H and O–H groups in total. The van der Waals surface area contributed by atoms with E-state index in [0.717, 1.165) is 25.7 Å². The Morgan fingerprint density at radius 1 is 0.545 bits per heavy atom. The van der Waals surface area contributed by atoms with Crippen molar-refractivity contribution in [1.29, 1.82) is 0 Å². The second-order valence-corrected chi connectivity index (χ2v) is 10.8. The van der Waals surface area contributed by atoms with Crippen LogP contribution in [0.3, 0.4) is 0 Å². The molecule has 0 aliphatic heterocycles. The lowest BCUT2D eigenvalue weighted by Gasteiger charge is -2.38. The monoisotopic (exact) mass is 454 g/mol. The lowest BCUT2D eigenvalue weighted by molar-refractivity contribution is 0.269. The third kappa shape index (κ3) is 13.9. The summed E-state index contributed by atoms with van der Waals surface area (Å²) < 4.78 is 0. The Morgan fingerprint density at radius 2 is 1.03 bits per heavy atom. The van der Waals surface area contributed by atoms with Crippen molar-refractivity contribution in [3.05, 3.63) is 59.8 Å². The summed E-state index contributed by atoms with van der Waals surface area (Å²) in [6, 6.07) is 0. The predicted octanol–water partition coefficient (Wildman–Crippen LogP) is 11.9. The van der Waals surface area contributed by atoms with Crippen molar-refractivity contribution < 1.29 is 0 Å². The Bertz CT molecular complexity index is 641. The van der Waals surface area contributed by atoms with Crippen LogP contribution in [-0.2, 0) is 0 Å². The van der Waals surface area contributed by atoms with Crippen LogP contribution in [0.1, 0.15) is 144 Å². The highest BCUT2D eigenvalue weighted by Crippen LogP contribution is 2.46. The van der Waals surface area contributed by atoms with Gasteiger partial charge in [0.1, 0.15) is 0 Å². The Hall–Kier alpha value is -1.30. The molecule has 0 rings (SSSR count). The van der Waals surface area contributed by atoms with Crippen molar-refractivity contribution in [2.24, 2.45) is 5.41 Å². The van der Waals surface area contributed by atoms with Gasteiger partial charge < -0.3 is 0 Å². The standard InChI is InChI=1S/C33H58/c1-11-30(10)21-15-17-23-31(22-16-14-19-27(4)5)32(12-2)33(13-3,26-24-29(8)9)25-18-20-28(6)7/h4,6,8,10-26H2,1-3,5,7,9H3. The zero-order valence-electron chi connectivity index (χ0n) is 23.6. The van der Waals surface area contributed by atoms with E-state index in [2.05, 4.69) is 67.9 Å². The molecule has 33 heavy (non-hydrogen) atoms. The average Bonchev–Trinajstić information content (AvgIpc) is 2.76. The maximum absolute atomic E-state index is 4.25. The highest BCUT2D eigenvalue weighted by atomic mass is 14.4.